The molecule has 8 heteroatoms. The van der Waals surface area contributed by atoms with Crippen molar-refractivity contribution in [2.24, 2.45) is 0 Å². The highest BCUT2D eigenvalue weighted by molar-refractivity contribution is 5.97. The molecular weight excluding hydrogens is 290 g/mol. The summed E-state index contributed by atoms with van der Waals surface area (Å²) in [5.74, 6) is 0.289. The number of aryl methyl sites for hydroxylation is 1. The Bertz CT molecular complexity index is 620. The SMILES string of the molecule is COCCN(CC(=O)Nc1cc(C)on1)C(=O)c1ccco1. The van der Waals surface area contributed by atoms with E-state index >= 15 is 0 Å². The van der Waals surface area contributed by atoms with Gasteiger partial charge in [0, 0.05) is 19.7 Å². The van der Waals surface area contributed by atoms with Gasteiger partial charge in [-0.25, -0.2) is 0 Å². The van der Waals surface area contributed by atoms with Gasteiger partial charge in [-0.05, 0) is 19.1 Å². The number of methoxy groups -OCH3 is 1. The number of furan rings is 1. The van der Waals surface area contributed by atoms with E-state index in [9.17, 15) is 9.59 Å². The Hall–Kier alpha value is -2.61. The van der Waals surface area contributed by atoms with Crippen molar-refractivity contribution < 1.29 is 23.3 Å². The normalized spacial score (nSPS) is 10.5. The number of carbonyl (C=O) groups excluding carboxylic acids is 2. The zero-order valence-electron chi connectivity index (χ0n) is 12.4. The van der Waals surface area contributed by atoms with Crippen molar-refractivity contribution in [3.63, 3.8) is 0 Å². The number of nitrogens with zero attached hydrogens (tertiary/aromatic N) is 2. The fourth-order valence-corrected chi connectivity index (χ4v) is 1.79. The number of ether oxygens (including phenoxy) is 1. The molecule has 0 unspecified atom stereocenters. The lowest BCUT2D eigenvalue weighted by atomic mass is 10.3. The third-order valence-corrected chi connectivity index (χ3v) is 2.81. The average molecular weight is 307 g/mol. The lowest BCUT2D eigenvalue weighted by Crippen LogP contribution is -2.39. The molecule has 22 heavy (non-hydrogen) atoms. The number of nitrogens with one attached hydrogen (secondary N) is 1. The van der Waals surface area contributed by atoms with E-state index in [0.717, 1.165) is 0 Å². The Labute approximate surface area is 127 Å². The van der Waals surface area contributed by atoms with Crippen LogP contribution >= 0.6 is 0 Å². The highest BCUT2D eigenvalue weighted by Gasteiger charge is 2.21. The van der Waals surface area contributed by atoms with Crippen LogP contribution in [-0.2, 0) is 9.53 Å². The van der Waals surface area contributed by atoms with Crippen LogP contribution in [0, 0.1) is 6.92 Å². The van der Waals surface area contributed by atoms with E-state index in [1.54, 1.807) is 25.1 Å². The second kappa shape index (κ2) is 7.41. The van der Waals surface area contributed by atoms with Crippen LogP contribution in [0.3, 0.4) is 0 Å². The second-order valence-electron chi connectivity index (χ2n) is 4.57. The molecule has 0 saturated heterocycles. The Morgan fingerprint density at radius 2 is 2.27 bits per heavy atom. The quantitative estimate of drug-likeness (QED) is 0.828. The van der Waals surface area contributed by atoms with Crippen molar-refractivity contribution in [3.8, 4) is 0 Å². The molecule has 1 N–H and O–H groups in total. The van der Waals surface area contributed by atoms with Gasteiger partial charge in [0.15, 0.2) is 11.6 Å². The predicted octanol–water partition coefficient (Wildman–Crippen LogP) is 1.30. The van der Waals surface area contributed by atoms with Gasteiger partial charge < -0.3 is 23.9 Å². The van der Waals surface area contributed by atoms with Gasteiger partial charge in [0.25, 0.3) is 5.91 Å². The summed E-state index contributed by atoms with van der Waals surface area (Å²) in [5.41, 5.74) is 0. The number of hydrogen-bond acceptors (Lipinski definition) is 6. The summed E-state index contributed by atoms with van der Waals surface area (Å²) in [6, 6.07) is 4.74. The largest absolute Gasteiger partial charge is 0.459 e. The summed E-state index contributed by atoms with van der Waals surface area (Å²) in [5, 5.41) is 6.23. The van der Waals surface area contributed by atoms with Crippen LogP contribution in [0.4, 0.5) is 5.82 Å². The van der Waals surface area contributed by atoms with E-state index in [1.165, 1.54) is 18.3 Å². The van der Waals surface area contributed by atoms with Crippen molar-refractivity contribution in [1.82, 2.24) is 10.1 Å². The van der Waals surface area contributed by atoms with E-state index in [1.807, 2.05) is 0 Å². The third kappa shape index (κ3) is 4.19. The van der Waals surface area contributed by atoms with E-state index in [4.69, 9.17) is 13.7 Å². The molecule has 0 spiro atoms. The maximum absolute atomic E-state index is 12.3. The first-order valence-corrected chi connectivity index (χ1v) is 6.65. The number of aromatic nitrogens is 1. The molecule has 0 atom stereocenters. The molecule has 0 bridgehead atoms. The summed E-state index contributed by atoms with van der Waals surface area (Å²) in [6.07, 6.45) is 1.40. The Morgan fingerprint density at radius 3 is 2.86 bits per heavy atom. The monoisotopic (exact) mass is 307 g/mol. The highest BCUT2D eigenvalue weighted by atomic mass is 16.5. The average Bonchev–Trinajstić information content (AvgIpc) is 3.14. The molecular formula is C14H17N3O5. The molecule has 0 aliphatic heterocycles. The fourth-order valence-electron chi connectivity index (χ4n) is 1.79. The van der Waals surface area contributed by atoms with Gasteiger partial charge in [0.1, 0.15) is 12.3 Å². The van der Waals surface area contributed by atoms with Crippen molar-refractivity contribution >= 4 is 17.6 Å². The predicted molar refractivity (Wildman–Crippen MR) is 76.4 cm³/mol. The first-order valence-electron chi connectivity index (χ1n) is 6.65. The molecule has 8 nitrogen and oxygen atoms in total. The molecule has 2 aromatic heterocycles. The Kier molecular flexibility index (Phi) is 5.31. The van der Waals surface area contributed by atoms with Gasteiger partial charge in [-0.2, -0.15) is 0 Å². The molecule has 0 fully saturated rings. The summed E-state index contributed by atoms with van der Waals surface area (Å²) in [4.78, 5) is 25.6. The van der Waals surface area contributed by atoms with Gasteiger partial charge in [-0.1, -0.05) is 5.16 Å². The van der Waals surface area contributed by atoms with E-state index < -0.39 is 0 Å². The number of rotatable bonds is 7. The first-order chi connectivity index (χ1) is 10.6. The smallest absolute Gasteiger partial charge is 0.290 e. The molecule has 118 valence electrons. The molecule has 0 aliphatic rings. The maximum Gasteiger partial charge on any atom is 0.290 e. The van der Waals surface area contributed by atoms with Gasteiger partial charge in [-0.3, -0.25) is 9.59 Å². The van der Waals surface area contributed by atoms with Crippen LogP contribution in [0.1, 0.15) is 16.3 Å². The molecule has 2 aromatic rings. The fraction of sp³-hybridized carbons (Fsp3) is 0.357. The summed E-state index contributed by atoms with van der Waals surface area (Å²) >= 11 is 0. The highest BCUT2D eigenvalue weighted by Crippen LogP contribution is 2.09. The lowest BCUT2D eigenvalue weighted by Gasteiger charge is -2.20. The van der Waals surface area contributed by atoms with Crippen LogP contribution in [0.25, 0.3) is 0 Å². The van der Waals surface area contributed by atoms with Gasteiger partial charge >= 0.3 is 0 Å². The first kappa shape index (κ1) is 15.8. The van der Waals surface area contributed by atoms with E-state index in [2.05, 4.69) is 10.5 Å². The van der Waals surface area contributed by atoms with Gasteiger partial charge in [0.05, 0.1) is 12.9 Å². The second-order valence-corrected chi connectivity index (χ2v) is 4.57. The molecule has 0 radical (unpaired) electrons. The molecule has 0 aromatic carbocycles. The molecule has 2 amide bonds. The van der Waals surface area contributed by atoms with Gasteiger partial charge in [0.2, 0.25) is 5.91 Å². The Balaban J connectivity index is 1.99. The van der Waals surface area contributed by atoms with Crippen LogP contribution in [0.15, 0.2) is 33.4 Å². The third-order valence-electron chi connectivity index (χ3n) is 2.81. The molecule has 2 heterocycles. The van der Waals surface area contributed by atoms with E-state index in [0.29, 0.717) is 18.2 Å². The minimum atomic E-state index is -0.385. The van der Waals surface area contributed by atoms with E-state index in [-0.39, 0.29) is 30.7 Å². The minimum Gasteiger partial charge on any atom is -0.459 e. The summed E-state index contributed by atoms with van der Waals surface area (Å²) < 4.78 is 14.9. The lowest BCUT2D eigenvalue weighted by molar-refractivity contribution is -0.117. The van der Waals surface area contributed by atoms with Crippen molar-refractivity contribution in [1.29, 1.82) is 0 Å². The minimum absolute atomic E-state index is 0.144. The van der Waals surface area contributed by atoms with Crippen LogP contribution in [0.2, 0.25) is 0 Å². The van der Waals surface area contributed by atoms with Crippen molar-refractivity contribution in [2.45, 2.75) is 6.92 Å². The molecule has 0 aliphatic carbocycles. The number of anilines is 1. The van der Waals surface area contributed by atoms with Crippen LogP contribution in [-0.4, -0.2) is 48.7 Å². The summed E-state index contributed by atoms with van der Waals surface area (Å²) in [6.45, 7) is 2.15. The van der Waals surface area contributed by atoms with Crippen LogP contribution in [0.5, 0.6) is 0 Å². The topological polar surface area (TPSA) is 97.8 Å². The number of hydrogen-bond donors (Lipinski definition) is 1. The van der Waals surface area contributed by atoms with Crippen molar-refractivity contribution in [2.75, 3.05) is 32.1 Å². The summed E-state index contributed by atoms with van der Waals surface area (Å²) in [7, 11) is 1.52. The van der Waals surface area contributed by atoms with Crippen LogP contribution < -0.4 is 5.32 Å². The van der Waals surface area contributed by atoms with Gasteiger partial charge in [-0.15, -0.1) is 0 Å². The maximum atomic E-state index is 12.3. The standard InChI is InChI=1S/C14H17N3O5/c1-10-8-12(16-22-10)15-13(18)9-17(5-7-20-2)14(19)11-4-3-6-21-11/h3-4,6,8H,5,7,9H2,1-2H3,(H,15,16,18). The number of carbonyl (C=O) groups is 2. The Morgan fingerprint density at radius 1 is 1.45 bits per heavy atom. The zero-order chi connectivity index (χ0) is 15.9. The zero-order valence-corrected chi connectivity index (χ0v) is 12.4. The number of amides is 2. The molecule has 0 saturated carbocycles. The van der Waals surface area contributed by atoms with Crippen molar-refractivity contribution in [3.05, 3.63) is 36.0 Å². The molecule has 2 rings (SSSR count).